The van der Waals surface area contributed by atoms with Gasteiger partial charge in [0.05, 0.1) is 15.5 Å². The molecule has 1 heterocycles. The highest BCUT2D eigenvalue weighted by Crippen LogP contribution is 2.30. The molecule has 1 saturated heterocycles. The summed E-state index contributed by atoms with van der Waals surface area (Å²) in [6.45, 7) is 0.952. The Bertz CT molecular complexity index is 1140. The largest absolute Gasteiger partial charge is 0.339 e. The van der Waals surface area contributed by atoms with Crippen LogP contribution in [0.25, 0.3) is 0 Å². The van der Waals surface area contributed by atoms with Crippen LogP contribution in [0.2, 0.25) is 0 Å². The number of carbonyl (C=O) groups excluding carboxylic acids is 1. The maximum atomic E-state index is 12.9. The number of benzene rings is 2. The van der Waals surface area contributed by atoms with Crippen molar-refractivity contribution in [3.63, 3.8) is 0 Å². The molecule has 11 heteroatoms. The van der Waals surface area contributed by atoms with E-state index in [0.717, 1.165) is 31.0 Å². The van der Waals surface area contributed by atoms with Crippen molar-refractivity contribution in [2.24, 2.45) is 0 Å². The van der Waals surface area contributed by atoms with E-state index in [4.69, 9.17) is 0 Å². The zero-order valence-electron chi connectivity index (χ0n) is 17.3. The number of para-hydroxylation sites is 1. The van der Waals surface area contributed by atoms with E-state index in [2.05, 4.69) is 4.72 Å². The molecule has 1 amide bonds. The molecule has 1 aliphatic rings. The molecule has 31 heavy (non-hydrogen) atoms. The SMILES string of the molecule is CN(C)C(=O)Sc1ccccc1NS(=O)(=O)c1ccc(S(=O)(=O)N2CCCCC2)cc1. The smallest absolute Gasteiger partial charge is 0.286 e. The van der Waals surface area contributed by atoms with E-state index < -0.39 is 20.0 Å². The molecule has 168 valence electrons. The van der Waals surface area contributed by atoms with Crippen LogP contribution >= 0.6 is 11.8 Å². The van der Waals surface area contributed by atoms with Crippen molar-refractivity contribution in [1.82, 2.24) is 9.21 Å². The highest BCUT2D eigenvalue weighted by molar-refractivity contribution is 8.13. The second kappa shape index (κ2) is 9.60. The molecule has 1 N–H and O–H groups in total. The van der Waals surface area contributed by atoms with Crippen molar-refractivity contribution in [2.75, 3.05) is 31.9 Å². The third-order valence-corrected chi connectivity index (χ3v) is 9.19. The first-order valence-electron chi connectivity index (χ1n) is 9.72. The van der Waals surface area contributed by atoms with Crippen molar-refractivity contribution in [3.8, 4) is 0 Å². The summed E-state index contributed by atoms with van der Waals surface area (Å²) in [6, 6.07) is 11.8. The quantitative estimate of drug-likeness (QED) is 0.631. The molecule has 0 unspecified atom stereocenters. The summed E-state index contributed by atoms with van der Waals surface area (Å²) in [7, 11) is -4.39. The van der Waals surface area contributed by atoms with Gasteiger partial charge < -0.3 is 4.90 Å². The summed E-state index contributed by atoms with van der Waals surface area (Å²) >= 11 is 0.911. The molecule has 0 aromatic heterocycles. The van der Waals surface area contributed by atoms with Crippen LogP contribution in [0.5, 0.6) is 0 Å². The van der Waals surface area contributed by atoms with E-state index in [1.807, 2.05) is 0 Å². The Morgan fingerprint density at radius 1 is 0.903 bits per heavy atom. The second-order valence-corrected chi connectivity index (χ2v) is 11.9. The van der Waals surface area contributed by atoms with Crippen LogP contribution in [0.4, 0.5) is 10.5 Å². The Labute approximate surface area is 187 Å². The van der Waals surface area contributed by atoms with Crippen molar-refractivity contribution in [2.45, 2.75) is 33.9 Å². The average molecular weight is 484 g/mol. The summed E-state index contributed by atoms with van der Waals surface area (Å²) in [4.78, 5) is 13.9. The van der Waals surface area contributed by atoms with Crippen LogP contribution in [0, 0.1) is 0 Å². The van der Waals surface area contributed by atoms with Gasteiger partial charge in [0.25, 0.3) is 15.3 Å². The number of hydrogen-bond acceptors (Lipinski definition) is 6. The molecule has 2 aromatic rings. The molecule has 0 atom stereocenters. The van der Waals surface area contributed by atoms with Gasteiger partial charge in [-0.1, -0.05) is 18.6 Å². The summed E-state index contributed by atoms with van der Waals surface area (Å²) < 4.78 is 55.2. The van der Waals surface area contributed by atoms with E-state index in [9.17, 15) is 21.6 Å². The Balaban J connectivity index is 1.81. The van der Waals surface area contributed by atoms with Gasteiger partial charge in [0.2, 0.25) is 10.0 Å². The van der Waals surface area contributed by atoms with Gasteiger partial charge in [-0.3, -0.25) is 9.52 Å². The van der Waals surface area contributed by atoms with Crippen LogP contribution in [-0.4, -0.2) is 58.5 Å². The van der Waals surface area contributed by atoms with E-state index in [1.165, 1.54) is 33.5 Å². The number of sulfonamides is 2. The molecular formula is C20H25N3O5S3. The number of nitrogens with zero attached hydrogens (tertiary/aromatic N) is 2. The zero-order valence-corrected chi connectivity index (χ0v) is 19.8. The molecule has 0 spiro atoms. The maximum Gasteiger partial charge on any atom is 0.286 e. The number of thioether (sulfide) groups is 1. The third kappa shape index (κ3) is 5.59. The van der Waals surface area contributed by atoms with Crippen LogP contribution in [0.3, 0.4) is 0 Å². The van der Waals surface area contributed by atoms with Gasteiger partial charge >= 0.3 is 0 Å². The molecule has 1 fully saturated rings. The van der Waals surface area contributed by atoms with E-state index >= 15 is 0 Å². The molecule has 0 radical (unpaired) electrons. The van der Waals surface area contributed by atoms with Gasteiger partial charge in [-0.15, -0.1) is 0 Å². The van der Waals surface area contributed by atoms with E-state index in [0.29, 0.717) is 18.0 Å². The zero-order chi connectivity index (χ0) is 22.6. The minimum atomic E-state index is -3.98. The first-order chi connectivity index (χ1) is 14.6. The highest BCUT2D eigenvalue weighted by Gasteiger charge is 2.26. The predicted molar refractivity (Wildman–Crippen MR) is 121 cm³/mol. The van der Waals surface area contributed by atoms with Crippen LogP contribution in [0.1, 0.15) is 19.3 Å². The Hall–Kier alpha value is -2.08. The number of nitrogens with one attached hydrogen (secondary N) is 1. The lowest BCUT2D eigenvalue weighted by Crippen LogP contribution is -2.35. The fraction of sp³-hybridized carbons (Fsp3) is 0.350. The lowest BCUT2D eigenvalue weighted by molar-refractivity contribution is 0.241. The molecule has 8 nitrogen and oxygen atoms in total. The van der Waals surface area contributed by atoms with Gasteiger partial charge in [0.1, 0.15) is 0 Å². The third-order valence-electron chi connectivity index (χ3n) is 4.78. The molecule has 1 aliphatic heterocycles. The molecule has 0 saturated carbocycles. The average Bonchev–Trinajstić information content (AvgIpc) is 2.75. The van der Waals surface area contributed by atoms with Crippen LogP contribution < -0.4 is 4.72 Å². The molecule has 0 aliphatic carbocycles. The van der Waals surface area contributed by atoms with Gasteiger partial charge in [0, 0.05) is 32.1 Å². The van der Waals surface area contributed by atoms with Crippen LogP contribution in [-0.2, 0) is 20.0 Å². The second-order valence-electron chi connectivity index (χ2n) is 7.30. The first kappa shape index (κ1) is 23.6. The Morgan fingerprint density at radius 3 is 2.10 bits per heavy atom. The maximum absolute atomic E-state index is 12.9. The highest BCUT2D eigenvalue weighted by atomic mass is 32.2. The minimum absolute atomic E-state index is 0.0659. The van der Waals surface area contributed by atoms with Gasteiger partial charge in [-0.25, -0.2) is 16.8 Å². The normalized spacial score (nSPS) is 15.4. The topological polar surface area (TPSA) is 104 Å². The number of anilines is 1. The standard InChI is InChI=1S/C20H25N3O5S3/c1-22(2)20(24)29-19-9-5-4-8-18(19)21-30(25,26)16-10-12-17(13-11-16)31(27,28)23-14-6-3-7-15-23/h4-5,8-13,21H,3,6-7,14-15H2,1-2H3. The van der Waals surface area contributed by atoms with Crippen molar-refractivity contribution in [1.29, 1.82) is 0 Å². The molecule has 0 bridgehead atoms. The van der Waals surface area contributed by atoms with Crippen molar-refractivity contribution in [3.05, 3.63) is 48.5 Å². The number of piperidine rings is 1. The summed E-state index contributed by atoms with van der Waals surface area (Å²) in [5.74, 6) is 0. The minimum Gasteiger partial charge on any atom is -0.339 e. The van der Waals surface area contributed by atoms with E-state index in [-0.39, 0.29) is 20.7 Å². The lowest BCUT2D eigenvalue weighted by Gasteiger charge is -2.25. The summed E-state index contributed by atoms with van der Waals surface area (Å²) in [6.07, 6.45) is 2.65. The molecular weight excluding hydrogens is 458 g/mol. The Morgan fingerprint density at radius 2 is 1.48 bits per heavy atom. The molecule has 2 aromatic carbocycles. The van der Waals surface area contributed by atoms with Gasteiger partial charge in [0.15, 0.2) is 0 Å². The fourth-order valence-electron chi connectivity index (χ4n) is 3.07. The summed E-state index contributed by atoms with van der Waals surface area (Å²) in [5.41, 5.74) is 0.271. The number of rotatable bonds is 6. The predicted octanol–water partition coefficient (Wildman–Crippen LogP) is 3.44. The van der Waals surface area contributed by atoms with Crippen LogP contribution in [0.15, 0.2) is 63.2 Å². The number of hydrogen-bond donors (Lipinski definition) is 1. The number of amides is 1. The van der Waals surface area contributed by atoms with Crippen molar-refractivity contribution < 1.29 is 21.6 Å². The van der Waals surface area contributed by atoms with E-state index in [1.54, 1.807) is 38.4 Å². The monoisotopic (exact) mass is 483 g/mol. The fourth-order valence-corrected chi connectivity index (χ4v) is 6.48. The van der Waals surface area contributed by atoms with Crippen molar-refractivity contribution >= 4 is 42.7 Å². The lowest BCUT2D eigenvalue weighted by atomic mass is 10.2. The first-order valence-corrected chi connectivity index (χ1v) is 13.5. The number of carbonyl (C=O) groups is 1. The molecule has 3 rings (SSSR count). The van der Waals surface area contributed by atoms with Gasteiger partial charge in [-0.05, 0) is 61.0 Å². The van der Waals surface area contributed by atoms with Gasteiger partial charge in [-0.2, -0.15) is 4.31 Å². The summed E-state index contributed by atoms with van der Waals surface area (Å²) in [5, 5.41) is -0.237. The Kier molecular flexibility index (Phi) is 7.30.